The molecule has 0 aromatic heterocycles. The van der Waals surface area contributed by atoms with E-state index in [0.29, 0.717) is 52.1 Å². The molecule has 0 amide bonds. The van der Waals surface area contributed by atoms with Crippen molar-refractivity contribution in [3.05, 3.63) is 0 Å². The molecule has 2 aliphatic rings. The monoisotopic (exact) mass is 211 g/mol. The fraction of sp³-hybridized carbons (Fsp3) is 0.909. The van der Waals surface area contributed by atoms with E-state index in [1.807, 2.05) is 0 Å². The Labute approximate surface area is 89.8 Å². The number of hydrogen-bond donors (Lipinski definition) is 1. The van der Waals surface area contributed by atoms with Crippen LogP contribution in [0.5, 0.6) is 0 Å². The van der Waals surface area contributed by atoms with E-state index >= 15 is 0 Å². The van der Waals surface area contributed by atoms with Gasteiger partial charge in [-0.15, -0.1) is 0 Å². The number of nitriles is 1. The van der Waals surface area contributed by atoms with Gasteiger partial charge in [-0.25, -0.2) is 0 Å². The molecule has 4 nitrogen and oxygen atoms in total. The second-order valence-electron chi connectivity index (χ2n) is 4.45. The summed E-state index contributed by atoms with van der Waals surface area (Å²) in [7, 11) is 0. The van der Waals surface area contributed by atoms with Gasteiger partial charge in [-0.2, -0.15) is 5.26 Å². The molecule has 2 fully saturated rings. The van der Waals surface area contributed by atoms with Gasteiger partial charge in [0.2, 0.25) is 0 Å². The second kappa shape index (κ2) is 4.09. The molecule has 0 radical (unpaired) electrons. The van der Waals surface area contributed by atoms with Crippen molar-refractivity contribution in [2.45, 2.75) is 31.3 Å². The van der Waals surface area contributed by atoms with Crippen molar-refractivity contribution >= 4 is 0 Å². The van der Waals surface area contributed by atoms with Crippen molar-refractivity contribution in [1.82, 2.24) is 0 Å². The SMILES string of the molecule is N#CC1(C2(O)CCOCC2)CCOCC1. The lowest BCUT2D eigenvalue weighted by Crippen LogP contribution is -2.53. The summed E-state index contributed by atoms with van der Waals surface area (Å²) in [5, 5.41) is 19.9. The molecular formula is C11H17NO3. The first-order valence-electron chi connectivity index (χ1n) is 5.52. The molecule has 2 saturated heterocycles. The summed E-state index contributed by atoms with van der Waals surface area (Å²) >= 11 is 0. The fourth-order valence-corrected chi connectivity index (χ4v) is 2.59. The largest absolute Gasteiger partial charge is 0.388 e. The highest BCUT2D eigenvalue weighted by Gasteiger charge is 2.52. The Bertz CT molecular complexity index is 259. The van der Waals surface area contributed by atoms with Gasteiger partial charge in [0.05, 0.1) is 17.1 Å². The number of ether oxygens (including phenoxy) is 2. The molecular weight excluding hydrogens is 194 g/mol. The van der Waals surface area contributed by atoms with Crippen molar-refractivity contribution in [2.75, 3.05) is 26.4 Å². The van der Waals surface area contributed by atoms with Crippen LogP contribution in [0.4, 0.5) is 0 Å². The summed E-state index contributed by atoms with van der Waals surface area (Å²) in [6.07, 6.45) is 2.42. The summed E-state index contributed by atoms with van der Waals surface area (Å²) in [5.74, 6) is 0. The molecule has 0 saturated carbocycles. The highest BCUT2D eigenvalue weighted by atomic mass is 16.5. The van der Waals surface area contributed by atoms with E-state index in [0.717, 1.165) is 0 Å². The number of rotatable bonds is 1. The number of nitrogens with zero attached hydrogens (tertiary/aromatic N) is 1. The van der Waals surface area contributed by atoms with Gasteiger partial charge in [-0.3, -0.25) is 0 Å². The van der Waals surface area contributed by atoms with Crippen LogP contribution in [-0.2, 0) is 9.47 Å². The van der Waals surface area contributed by atoms with E-state index in [-0.39, 0.29) is 0 Å². The van der Waals surface area contributed by atoms with E-state index in [2.05, 4.69) is 6.07 Å². The van der Waals surface area contributed by atoms with Crippen LogP contribution in [0.15, 0.2) is 0 Å². The van der Waals surface area contributed by atoms with Crippen LogP contribution in [0.1, 0.15) is 25.7 Å². The van der Waals surface area contributed by atoms with Crippen LogP contribution in [0.25, 0.3) is 0 Å². The summed E-state index contributed by atoms with van der Waals surface area (Å²) in [6, 6.07) is 2.34. The Balaban J connectivity index is 2.19. The average molecular weight is 211 g/mol. The molecule has 0 spiro atoms. The van der Waals surface area contributed by atoms with Crippen molar-refractivity contribution in [3.63, 3.8) is 0 Å². The van der Waals surface area contributed by atoms with E-state index in [1.165, 1.54) is 0 Å². The first-order chi connectivity index (χ1) is 7.22. The Morgan fingerprint density at radius 2 is 1.40 bits per heavy atom. The minimum atomic E-state index is -0.871. The standard InChI is InChI=1S/C11H17NO3/c12-9-10(1-5-14-6-2-10)11(13)3-7-15-8-4-11/h13H,1-8H2. The van der Waals surface area contributed by atoms with Gasteiger partial charge in [-0.1, -0.05) is 0 Å². The molecule has 84 valence electrons. The lowest BCUT2D eigenvalue weighted by Gasteiger charge is -2.46. The zero-order chi connectivity index (χ0) is 10.8. The molecule has 0 bridgehead atoms. The van der Waals surface area contributed by atoms with Crippen LogP contribution in [0, 0.1) is 16.7 Å². The first-order valence-corrected chi connectivity index (χ1v) is 5.52. The topological polar surface area (TPSA) is 62.5 Å². The van der Waals surface area contributed by atoms with E-state index in [4.69, 9.17) is 9.47 Å². The third-order valence-corrected chi connectivity index (χ3v) is 3.77. The second-order valence-corrected chi connectivity index (χ2v) is 4.45. The van der Waals surface area contributed by atoms with Crippen molar-refractivity contribution in [2.24, 2.45) is 5.41 Å². The van der Waals surface area contributed by atoms with Gasteiger partial charge in [0, 0.05) is 39.3 Å². The maximum Gasteiger partial charge on any atom is 0.0905 e. The predicted molar refractivity (Wildman–Crippen MR) is 53.1 cm³/mol. The van der Waals surface area contributed by atoms with Gasteiger partial charge in [0.15, 0.2) is 0 Å². The fourth-order valence-electron chi connectivity index (χ4n) is 2.59. The molecule has 0 aromatic carbocycles. The normalized spacial score (nSPS) is 29.3. The first kappa shape index (κ1) is 10.9. The van der Waals surface area contributed by atoms with Crippen molar-refractivity contribution < 1.29 is 14.6 Å². The average Bonchev–Trinajstić information content (AvgIpc) is 2.31. The zero-order valence-corrected chi connectivity index (χ0v) is 8.87. The van der Waals surface area contributed by atoms with Crippen LogP contribution in [-0.4, -0.2) is 37.1 Å². The Kier molecular flexibility index (Phi) is 2.96. The smallest absolute Gasteiger partial charge is 0.0905 e. The van der Waals surface area contributed by atoms with E-state index in [9.17, 15) is 10.4 Å². The molecule has 1 N–H and O–H groups in total. The van der Waals surface area contributed by atoms with Crippen LogP contribution in [0.3, 0.4) is 0 Å². The maximum atomic E-state index is 10.6. The summed E-state index contributed by atoms with van der Waals surface area (Å²) in [4.78, 5) is 0. The third kappa shape index (κ3) is 1.76. The third-order valence-electron chi connectivity index (χ3n) is 3.77. The summed E-state index contributed by atoms with van der Waals surface area (Å²) in [5.41, 5.74) is -1.49. The highest BCUT2D eigenvalue weighted by molar-refractivity contribution is 5.12. The van der Waals surface area contributed by atoms with Gasteiger partial charge in [-0.05, 0) is 12.8 Å². The minimum Gasteiger partial charge on any atom is -0.388 e. The summed E-state index contributed by atoms with van der Waals surface area (Å²) < 4.78 is 10.5. The molecule has 2 aliphatic heterocycles. The Morgan fingerprint density at radius 3 is 1.87 bits per heavy atom. The van der Waals surface area contributed by atoms with Crippen LogP contribution in [0.2, 0.25) is 0 Å². The van der Waals surface area contributed by atoms with Gasteiger partial charge < -0.3 is 14.6 Å². The van der Waals surface area contributed by atoms with Gasteiger partial charge in [0.1, 0.15) is 0 Å². The molecule has 0 aliphatic carbocycles. The molecule has 15 heavy (non-hydrogen) atoms. The lowest BCUT2D eigenvalue weighted by molar-refractivity contribution is -0.150. The van der Waals surface area contributed by atoms with Gasteiger partial charge >= 0.3 is 0 Å². The Morgan fingerprint density at radius 1 is 0.933 bits per heavy atom. The minimum absolute atomic E-state index is 0.556. The number of hydrogen-bond acceptors (Lipinski definition) is 4. The predicted octanol–water partition coefficient (Wildman–Crippen LogP) is 0.848. The molecule has 0 atom stereocenters. The van der Waals surface area contributed by atoms with Crippen LogP contribution < -0.4 is 0 Å². The molecule has 4 heteroatoms. The maximum absolute atomic E-state index is 10.6. The lowest BCUT2D eigenvalue weighted by atomic mass is 9.64. The van der Waals surface area contributed by atoms with E-state index in [1.54, 1.807) is 0 Å². The quantitative estimate of drug-likeness (QED) is 0.698. The molecule has 2 rings (SSSR count). The molecule has 0 unspecified atom stereocenters. The molecule has 0 aromatic rings. The van der Waals surface area contributed by atoms with Crippen LogP contribution >= 0.6 is 0 Å². The number of aliphatic hydroxyl groups is 1. The Hall–Kier alpha value is -0.630. The van der Waals surface area contributed by atoms with Crippen molar-refractivity contribution in [3.8, 4) is 6.07 Å². The summed E-state index contributed by atoms with van der Waals surface area (Å²) in [6.45, 7) is 2.27. The molecule has 2 heterocycles. The van der Waals surface area contributed by atoms with Crippen molar-refractivity contribution in [1.29, 1.82) is 5.26 Å². The van der Waals surface area contributed by atoms with Gasteiger partial charge in [0.25, 0.3) is 0 Å². The zero-order valence-electron chi connectivity index (χ0n) is 8.87. The van der Waals surface area contributed by atoms with E-state index < -0.39 is 11.0 Å². The highest BCUT2D eigenvalue weighted by Crippen LogP contribution is 2.45.